The summed E-state index contributed by atoms with van der Waals surface area (Å²) in [6.07, 6.45) is 0. The van der Waals surface area contributed by atoms with Crippen LogP contribution >= 0.6 is 11.6 Å². The number of hydrogen-bond acceptors (Lipinski definition) is 6. The molecule has 0 aliphatic rings. The highest BCUT2D eigenvalue weighted by Gasteiger charge is 2.22. The van der Waals surface area contributed by atoms with Gasteiger partial charge in [-0.25, -0.2) is 0 Å². The number of para-hydroxylation sites is 4. The fraction of sp³-hybridized carbons (Fsp3) is 0.0103. The molecule has 0 aliphatic heterocycles. The third-order valence-corrected chi connectivity index (χ3v) is 19.1. The molecule has 0 saturated carbocycles. The third kappa shape index (κ3) is 14.5. The molecule has 2 N–H and O–H groups in total. The summed E-state index contributed by atoms with van der Waals surface area (Å²) in [5.74, 6) is 0. The number of anilines is 6. The monoisotopic (exact) mass is 1370 g/mol. The Labute approximate surface area is 617 Å². The molecule has 105 heavy (non-hydrogen) atoms. The molecular weight excluding hydrogens is 1300 g/mol. The van der Waals surface area contributed by atoms with Crippen LogP contribution in [-0.4, -0.2) is 17.2 Å². The first kappa shape index (κ1) is 67.8. The Morgan fingerprint density at radius 2 is 0.524 bits per heavy atom. The maximum absolute atomic E-state index is 9.56. The Morgan fingerprint density at radius 1 is 0.238 bits per heavy atom. The first-order valence-electron chi connectivity index (χ1n) is 34.8. The van der Waals surface area contributed by atoms with E-state index in [0.29, 0.717) is 5.46 Å². The van der Waals surface area contributed by atoms with Crippen molar-refractivity contribution < 1.29 is 18.9 Å². The number of rotatable bonds is 14. The van der Waals surface area contributed by atoms with Crippen molar-refractivity contribution in [3.8, 4) is 77.9 Å². The van der Waals surface area contributed by atoms with Crippen molar-refractivity contribution >= 4 is 102 Å². The number of furan rings is 2. The van der Waals surface area contributed by atoms with Gasteiger partial charge in [0.25, 0.3) is 0 Å². The molecule has 0 bridgehead atoms. The van der Waals surface area contributed by atoms with Crippen LogP contribution in [0.15, 0.2) is 409 Å². The molecule has 2 heterocycles. The third-order valence-electron chi connectivity index (χ3n) is 18.9. The smallest absolute Gasteiger partial charge is 0.455 e. The number of fused-ring (bicyclic) bond motifs is 6. The van der Waals surface area contributed by atoms with Crippen molar-refractivity contribution in [3.63, 3.8) is 0 Å². The summed E-state index contributed by atoms with van der Waals surface area (Å²) >= 11 is 6.29. The van der Waals surface area contributed by atoms with Gasteiger partial charge in [0.05, 0.1) is 11.4 Å². The molecule has 0 fully saturated rings. The van der Waals surface area contributed by atoms with Crippen LogP contribution < -0.4 is 15.3 Å². The van der Waals surface area contributed by atoms with Gasteiger partial charge < -0.3 is 28.7 Å². The first-order valence-corrected chi connectivity index (χ1v) is 35.1. The van der Waals surface area contributed by atoms with Gasteiger partial charge in [-0.1, -0.05) is 322 Å². The maximum atomic E-state index is 9.56. The van der Waals surface area contributed by atoms with Gasteiger partial charge in [-0.2, -0.15) is 0 Å². The molecule has 6 nitrogen and oxygen atoms in total. The fourth-order valence-corrected chi connectivity index (χ4v) is 14.0. The van der Waals surface area contributed by atoms with E-state index in [0.717, 1.165) is 133 Å². The highest BCUT2D eigenvalue weighted by Crippen LogP contribution is 2.46. The van der Waals surface area contributed by atoms with Gasteiger partial charge in [0.2, 0.25) is 0 Å². The van der Waals surface area contributed by atoms with E-state index < -0.39 is 7.12 Å². The second-order valence-corrected chi connectivity index (χ2v) is 25.9. The lowest BCUT2D eigenvalue weighted by atomic mass is 9.80. The van der Waals surface area contributed by atoms with Gasteiger partial charge in [0.1, 0.15) is 22.3 Å². The summed E-state index contributed by atoms with van der Waals surface area (Å²) in [4.78, 5) is 4.56. The minimum atomic E-state index is -1.50. The van der Waals surface area contributed by atoms with E-state index in [2.05, 4.69) is 277 Å². The summed E-state index contributed by atoms with van der Waals surface area (Å²) < 4.78 is 12.5. The summed E-state index contributed by atoms with van der Waals surface area (Å²) in [7, 11) is -1.50. The Kier molecular flexibility index (Phi) is 20.1. The molecule has 18 rings (SSSR count). The minimum Gasteiger partial charge on any atom is -0.455 e. The standard InChI is InChI=1S/C48H33NO.C30H24BNO2.C18H11ClO.CH4/c1-4-14-34(15-5-1)35-24-28-40(29-25-35)49(46-22-12-10-20-42(46)37-16-6-2-7-17-37)41-30-26-36(27-31-41)39-32-44(38-18-8-3-9-19-38)48-45(33-39)43-21-11-13-23-47(43)50-48;33-31(34)26-17-21-28(22-18-26)32(27-19-15-24(16-20-27)23-9-3-1-4-10-23)30-14-8-7-13-29(30)25-11-5-2-6-12-25;19-13-10-15(12-6-2-1-3-7-12)18-16(11-13)14-8-4-5-9-17(14)20-18;/h1-33H;1-22,33-34H;1-11H;1H4. The molecule has 16 aromatic carbocycles. The highest BCUT2D eigenvalue weighted by molar-refractivity contribution is 6.58. The lowest BCUT2D eigenvalue weighted by Crippen LogP contribution is -2.29. The van der Waals surface area contributed by atoms with E-state index in [1.54, 1.807) is 12.1 Å². The SMILES string of the molecule is C.Clc1cc(-c2ccccc2)c2oc3ccccc3c2c1.OB(O)c1ccc(N(c2ccc(-c3ccccc3)cc2)c2ccccc2-c2ccccc2)cc1.c1ccc(-c2ccc(N(c3ccc(-c4cc(-c5ccccc5)c5oc6ccccc6c5c4)cc3)c3ccccc3-c3ccccc3)cc2)cc1. The Hall–Kier alpha value is -13.0. The fourth-order valence-electron chi connectivity index (χ4n) is 13.8. The molecule has 0 saturated heterocycles. The number of benzene rings is 16. The van der Waals surface area contributed by atoms with Crippen LogP contribution in [-0.2, 0) is 0 Å². The van der Waals surface area contributed by atoms with Crippen molar-refractivity contribution in [1.82, 2.24) is 0 Å². The zero-order valence-corrected chi connectivity index (χ0v) is 57.4. The Morgan fingerprint density at radius 3 is 0.905 bits per heavy atom. The second kappa shape index (κ2) is 31.1. The number of nitrogens with zero attached hydrogens (tertiary/aromatic N) is 2. The Bertz CT molecular complexity index is 5920. The maximum Gasteiger partial charge on any atom is 0.488 e. The lowest BCUT2D eigenvalue weighted by Gasteiger charge is -2.28. The molecular formula is C97H72BClN2O4. The lowest BCUT2D eigenvalue weighted by molar-refractivity contribution is 0.426. The van der Waals surface area contributed by atoms with Gasteiger partial charge in [-0.05, 0) is 158 Å². The van der Waals surface area contributed by atoms with Crippen LogP contribution in [0.4, 0.5) is 34.1 Å². The van der Waals surface area contributed by atoms with Crippen molar-refractivity contribution in [2.24, 2.45) is 0 Å². The highest BCUT2D eigenvalue weighted by atomic mass is 35.5. The predicted octanol–water partition coefficient (Wildman–Crippen LogP) is 26.4. The molecule has 0 atom stereocenters. The molecule has 0 amide bonds. The average molecular weight is 1380 g/mol. The number of halogens is 1. The average Bonchev–Trinajstić information content (AvgIpc) is 1.72. The first-order chi connectivity index (χ1) is 51.3. The zero-order chi connectivity index (χ0) is 70.1. The van der Waals surface area contributed by atoms with Crippen LogP contribution in [0, 0.1) is 0 Å². The summed E-state index contributed by atoms with van der Waals surface area (Å²) in [5.41, 5.74) is 26.3. The normalized spacial score (nSPS) is 10.9. The van der Waals surface area contributed by atoms with E-state index in [9.17, 15) is 10.0 Å². The van der Waals surface area contributed by atoms with E-state index >= 15 is 0 Å². The van der Waals surface area contributed by atoms with Crippen molar-refractivity contribution in [3.05, 3.63) is 405 Å². The zero-order valence-electron chi connectivity index (χ0n) is 56.7. The van der Waals surface area contributed by atoms with Gasteiger partial charge in [-0.3, -0.25) is 0 Å². The minimum absolute atomic E-state index is 0. The number of hydrogen-bond donors (Lipinski definition) is 2. The predicted molar refractivity (Wildman–Crippen MR) is 443 cm³/mol. The van der Waals surface area contributed by atoms with Gasteiger partial charge in [0, 0.05) is 71.6 Å². The molecule has 0 radical (unpaired) electrons. The van der Waals surface area contributed by atoms with Crippen molar-refractivity contribution in [1.29, 1.82) is 0 Å². The Balaban J connectivity index is 0.000000138. The molecule has 8 heteroatoms. The molecule has 0 spiro atoms. The summed E-state index contributed by atoms with van der Waals surface area (Å²) in [6.45, 7) is 0. The topological polar surface area (TPSA) is 73.2 Å². The van der Waals surface area contributed by atoms with E-state index in [1.165, 1.54) is 27.8 Å². The van der Waals surface area contributed by atoms with E-state index in [4.69, 9.17) is 20.4 Å². The molecule has 2 aromatic heterocycles. The summed E-state index contributed by atoms with van der Waals surface area (Å²) in [5, 5.41) is 24.3. The van der Waals surface area contributed by atoms with Gasteiger partial charge in [-0.15, -0.1) is 0 Å². The molecule has 0 aliphatic carbocycles. The van der Waals surface area contributed by atoms with Crippen LogP contribution in [0.25, 0.3) is 122 Å². The van der Waals surface area contributed by atoms with E-state index in [1.807, 2.05) is 121 Å². The molecule has 504 valence electrons. The van der Waals surface area contributed by atoms with Crippen LogP contribution in [0.2, 0.25) is 5.02 Å². The molecule has 0 unspecified atom stereocenters. The summed E-state index contributed by atoms with van der Waals surface area (Å²) in [6, 6.07) is 138. The van der Waals surface area contributed by atoms with Crippen LogP contribution in [0.3, 0.4) is 0 Å². The van der Waals surface area contributed by atoms with Gasteiger partial charge >= 0.3 is 7.12 Å². The van der Waals surface area contributed by atoms with E-state index in [-0.39, 0.29) is 7.43 Å². The van der Waals surface area contributed by atoms with Crippen LogP contribution in [0.5, 0.6) is 0 Å². The van der Waals surface area contributed by atoms with Crippen molar-refractivity contribution in [2.45, 2.75) is 7.43 Å². The van der Waals surface area contributed by atoms with Crippen molar-refractivity contribution in [2.75, 3.05) is 9.80 Å². The van der Waals surface area contributed by atoms with Gasteiger partial charge in [0.15, 0.2) is 0 Å². The van der Waals surface area contributed by atoms with Crippen LogP contribution in [0.1, 0.15) is 7.43 Å². The quantitative estimate of drug-likeness (QED) is 0.106. The molecule has 18 aromatic rings. The second-order valence-electron chi connectivity index (χ2n) is 25.4. The largest absolute Gasteiger partial charge is 0.488 e.